The van der Waals surface area contributed by atoms with Gasteiger partial charge in [-0.25, -0.2) is 10.9 Å². The van der Waals surface area contributed by atoms with Crippen LogP contribution in [-0.2, 0) is 6.61 Å². The highest BCUT2D eigenvalue weighted by atomic mass is 16.5. The maximum atomic E-state index is 12.5. The zero-order chi connectivity index (χ0) is 20.1. The van der Waals surface area contributed by atoms with Gasteiger partial charge in [-0.2, -0.15) is 0 Å². The summed E-state index contributed by atoms with van der Waals surface area (Å²) in [4.78, 5) is 16.5. The Kier molecular flexibility index (Phi) is 5.73. The lowest BCUT2D eigenvalue weighted by atomic mass is 10.1. The standard InChI is InChI=1S/C21H22N4O4/c1-27-17-4-2-3-5-18(17)28-13-15-6-7-19(29-15)21(26)23-20-12-16(24-25-20)14-8-10-22-11-9-14/h2-11,16,20,24-25H,12-13H2,1H3,(H,23,26). The first-order chi connectivity index (χ1) is 14.2. The third-order valence-electron chi connectivity index (χ3n) is 4.64. The van der Waals surface area contributed by atoms with Crippen molar-refractivity contribution in [3.63, 3.8) is 0 Å². The van der Waals surface area contributed by atoms with Gasteiger partial charge in [0, 0.05) is 24.9 Å². The monoisotopic (exact) mass is 394 g/mol. The number of aromatic nitrogens is 1. The fourth-order valence-corrected chi connectivity index (χ4v) is 3.16. The number of para-hydroxylation sites is 2. The van der Waals surface area contributed by atoms with E-state index in [1.165, 1.54) is 0 Å². The fourth-order valence-electron chi connectivity index (χ4n) is 3.16. The van der Waals surface area contributed by atoms with Gasteiger partial charge in [0.25, 0.3) is 5.91 Å². The Hall–Kier alpha value is -3.36. The average Bonchev–Trinajstić information content (AvgIpc) is 3.43. The Balaban J connectivity index is 1.31. The number of amides is 1. The van der Waals surface area contributed by atoms with Gasteiger partial charge in [-0.15, -0.1) is 0 Å². The van der Waals surface area contributed by atoms with Crippen LogP contribution in [0.4, 0.5) is 0 Å². The molecule has 0 bridgehead atoms. The molecular weight excluding hydrogens is 372 g/mol. The van der Waals surface area contributed by atoms with E-state index in [-0.39, 0.29) is 30.5 Å². The van der Waals surface area contributed by atoms with E-state index < -0.39 is 0 Å². The van der Waals surface area contributed by atoms with Crippen molar-refractivity contribution in [3.05, 3.63) is 78.0 Å². The number of hydrogen-bond donors (Lipinski definition) is 3. The smallest absolute Gasteiger partial charge is 0.288 e. The SMILES string of the molecule is COc1ccccc1OCc1ccc(C(=O)NC2CC(c3ccncc3)NN2)o1. The second-order valence-corrected chi connectivity index (χ2v) is 6.59. The highest BCUT2D eigenvalue weighted by molar-refractivity contribution is 5.91. The molecule has 2 aromatic heterocycles. The zero-order valence-corrected chi connectivity index (χ0v) is 15.9. The number of hydrogen-bond acceptors (Lipinski definition) is 7. The Bertz CT molecular complexity index is 960. The number of carbonyl (C=O) groups is 1. The van der Waals surface area contributed by atoms with Crippen LogP contribution in [0.15, 0.2) is 65.3 Å². The summed E-state index contributed by atoms with van der Waals surface area (Å²) < 4.78 is 16.6. The lowest BCUT2D eigenvalue weighted by Gasteiger charge is -2.11. The molecule has 29 heavy (non-hydrogen) atoms. The highest BCUT2D eigenvalue weighted by Crippen LogP contribution is 2.27. The summed E-state index contributed by atoms with van der Waals surface area (Å²) in [7, 11) is 1.59. The predicted molar refractivity (Wildman–Crippen MR) is 105 cm³/mol. The number of hydrazine groups is 1. The van der Waals surface area contributed by atoms with Gasteiger partial charge < -0.3 is 19.2 Å². The third kappa shape index (κ3) is 4.56. The van der Waals surface area contributed by atoms with E-state index in [2.05, 4.69) is 21.2 Å². The molecule has 0 spiro atoms. The molecule has 1 fully saturated rings. The van der Waals surface area contributed by atoms with Gasteiger partial charge in [-0.1, -0.05) is 12.1 Å². The lowest BCUT2D eigenvalue weighted by Crippen LogP contribution is -2.44. The number of nitrogens with one attached hydrogen (secondary N) is 3. The summed E-state index contributed by atoms with van der Waals surface area (Å²) in [6.07, 6.45) is 4.00. The number of nitrogens with zero attached hydrogens (tertiary/aromatic N) is 1. The van der Waals surface area contributed by atoms with Crippen molar-refractivity contribution in [3.8, 4) is 11.5 Å². The van der Waals surface area contributed by atoms with E-state index in [1.807, 2.05) is 36.4 Å². The third-order valence-corrected chi connectivity index (χ3v) is 4.64. The molecule has 1 saturated heterocycles. The number of rotatable bonds is 7. The van der Waals surface area contributed by atoms with Gasteiger partial charge in [0.2, 0.25) is 0 Å². The lowest BCUT2D eigenvalue weighted by molar-refractivity contribution is 0.0900. The number of furan rings is 1. The van der Waals surface area contributed by atoms with Crippen LogP contribution in [-0.4, -0.2) is 24.2 Å². The molecule has 0 saturated carbocycles. The molecule has 4 rings (SSSR count). The summed E-state index contributed by atoms with van der Waals surface area (Å²) in [5.41, 5.74) is 7.38. The molecule has 1 aliphatic rings. The molecule has 1 aliphatic heterocycles. The zero-order valence-electron chi connectivity index (χ0n) is 15.9. The molecule has 150 valence electrons. The largest absolute Gasteiger partial charge is 0.493 e. The summed E-state index contributed by atoms with van der Waals surface area (Å²) in [5, 5.41) is 2.92. The van der Waals surface area contributed by atoms with Crippen LogP contribution in [0, 0.1) is 0 Å². The van der Waals surface area contributed by atoms with Gasteiger partial charge in [0.15, 0.2) is 17.3 Å². The molecule has 3 heterocycles. The number of methoxy groups -OCH3 is 1. The van der Waals surface area contributed by atoms with Crippen molar-refractivity contribution in [1.82, 2.24) is 21.2 Å². The molecule has 0 aliphatic carbocycles. The number of ether oxygens (including phenoxy) is 2. The first-order valence-electron chi connectivity index (χ1n) is 9.29. The minimum atomic E-state index is -0.289. The van der Waals surface area contributed by atoms with Crippen LogP contribution >= 0.6 is 0 Å². The molecule has 8 nitrogen and oxygen atoms in total. The quantitative estimate of drug-likeness (QED) is 0.567. The van der Waals surface area contributed by atoms with Crippen molar-refractivity contribution < 1.29 is 18.7 Å². The van der Waals surface area contributed by atoms with E-state index in [9.17, 15) is 4.79 Å². The second kappa shape index (κ2) is 8.76. The summed E-state index contributed by atoms with van der Waals surface area (Å²) >= 11 is 0. The van der Waals surface area contributed by atoms with Gasteiger partial charge >= 0.3 is 0 Å². The van der Waals surface area contributed by atoms with E-state index >= 15 is 0 Å². The van der Waals surface area contributed by atoms with E-state index in [1.54, 1.807) is 31.6 Å². The Morgan fingerprint density at radius 1 is 1.14 bits per heavy atom. The highest BCUT2D eigenvalue weighted by Gasteiger charge is 2.27. The normalized spacial score (nSPS) is 18.4. The molecule has 2 atom stereocenters. The minimum absolute atomic E-state index is 0.102. The first-order valence-corrected chi connectivity index (χ1v) is 9.29. The Labute approximate surface area is 168 Å². The molecule has 3 N–H and O–H groups in total. The molecule has 3 aromatic rings. The molecule has 2 unspecified atom stereocenters. The summed E-state index contributed by atoms with van der Waals surface area (Å²) in [6.45, 7) is 0.195. The van der Waals surface area contributed by atoms with Crippen LogP contribution in [0.25, 0.3) is 0 Å². The van der Waals surface area contributed by atoms with Crippen LogP contribution in [0.1, 0.15) is 34.3 Å². The number of benzene rings is 1. The molecule has 8 heteroatoms. The maximum absolute atomic E-state index is 12.5. The van der Waals surface area contributed by atoms with Crippen LogP contribution < -0.4 is 25.6 Å². The van der Waals surface area contributed by atoms with E-state index in [0.29, 0.717) is 23.7 Å². The van der Waals surface area contributed by atoms with E-state index in [4.69, 9.17) is 13.9 Å². The topological polar surface area (TPSA) is 97.7 Å². The van der Waals surface area contributed by atoms with Gasteiger partial charge in [0.05, 0.1) is 13.3 Å². The Morgan fingerprint density at radius 2 is 1.93 bits per heavy atom. The molecule has 1 aromatic carbocycles. The van der Waals surface area contributed by atoms with Gasteiger partial charge in [0.1, 0.15) is 12.4 Å². The first kappa shape index (κ1) is 19.0. The number of carbonyl (C=O) groups excluding carboxylic acids is 1. The van der Waals surface area contributed by atoms with Crippen molar-refractivity contribution in [2.45, 2.75) is 25.2 Å². The van der Waals surface area contributed by atoms with Crippen molar-refractivity contribution >= 4 is 5.91 Å². The van der Waals surface area contributed by atoms with Crippen molar-refractivity contribution in [2.24, 2.45) is 0 Å². The second-order valence-electron chi connectivity index (χ2n) is 6.59. The fraction of sp³-hybridized carbons (Fsp3) is 0.238. The van der Waals surface area contributed by atoms with Crippen LogP contribution in [0.3, 0.4) is 0 Å². The summed E-state index contributed by atoms with van der Waals surface area (Å²) in [5.74, 6) is 1.75. The Morgan fingerprint density at radius 3 is 2.72 bits per heavy atom. The van der Waals surface area contributed by atoms with Crippen LogP contribution in [0.5, 0.6) is 11.5 Å². The molecular formula is C21H22N4O4. The van der Waals surface area contributed by atoms with Crippen molar-refractivity contribution in [2.75, 3.05) is 7.11 Å². The maximum Gasteiger partial charge on any atom is 0.288 e. The van der Waals surface area contributed by atoms with Crippen molar-refractivity contribution in [1.29, 1.82) is 0 Å². The number of pyridine rings is 1. The molecule has 0 radical (unpaired) electrons. The van der Waals surface area contributed by atoms with Gasteiger partial charge in [-0.3, -0.25) is 9.78 Å². The molecule has 1 amide bonds. The van der Waals surface area contributed by atoms with Crippen LogP contribution in [0.2, 0.25) is 0 Å². The minimum Gasteiger partial charge on any atom is -0.493 e. The van der Waals surface area contributed by atoms with Gasteiger partial charge in [-0.05, 0) is 42.0 Å². The summed E-state index contributed by atoms with van der Waals surface area (Å²) in [6, 6.07) is 14.7. The average molecular weight is 394 g/mol. The van der Waals surface area contributed by atoms with E-state index in [0.717, 1.165) is 5.56 Å². The predicted octanol–water partition coefficient (Wildman–Crippen LogP) is 2.56.